The Morgan fingerprint density at radius 3 is 2.80 bits per heavy atom. The van der Waals surface area contributed by atoms with Crippen LogP contribution in [0.1, 0.15) is 22.8 Å². The first-order valence-corrected chi connectivity index (χ1v) is 5.02. The Hall–Kier alpha value is -1.35. The van der Waals surface area contributed by atoms with Crippen LogP contribution in [0.2, 0.25) is 0 Å². The summed E-state index contributed by atoms with van der Waals surface area (Å²) in [5.74, 6) is 0.0513. The molecule has 1 aromatic rings. The molecule has 0 aliphatic carbocycles. The molecule has 0 unspecified atom stereocenters. The molecule has 0 N–H and O–H groups in total. The zero-order valence-electron chi connectivity index (χ0n) is 9.49. The van der Waals surface area contributed by atoms with Gasteiger partial charge in [0.25, 0.3) is 5.91 Å². The fourth-order valence-corrected chi connectivity index (χ4v) is 1.32. The third-order valence-corrected chi connectivity index (χ3v) is 2.31. The summed E-state index contributed by atoms with van der Waals surface area (Å²) in [6, 6.07) is 7.53. The molecular weight excluding hydrogens is 190 g/mol. The van der Waals surface area contributed by atoms with Crippen LogP contribution in [0.25, 0.3) is 0 Å². The molecule has 1 aromatic carbocycles. The third kappa shape index (κ3) is 3.06. The van der Waals surface area contributed by atoms with E-state index in [1.165, 1.54) is 0 Å². The molecular formula is C12H17NO2. The highest BCUT2D eigenvalue weighted by atomic mass is 16.5. The molecule has 15 heavy (non-hydrogen) atoms. The average molecular weight is 207 g/mol. The average Bonchev–Trinajstić information content (AvgIpc) is 2.28. The van der Waals surface area contributed by atoms with Gasteiger partial charge >= 0.3 is 0 Å². The van der Waals surface area contributed by atoms with E-state index in [4.69, 9.17) is 4.74 Å². The quantitative estimate of drug-likeness (QED) is 0.755. The maximum Gasteiger partial charge on any atom is 0.253 e. The number of amides is 1. The predicted molar refractivity (Wildman–Crippen MR) is 59.8 cm³/mol. The summed E-state index contributed by atoms with van der Waals surface area (Å²) < 4.78 is 5.02. The summed E-state index contributed by atoms with van der Waals surface area (Å²) in [5, 5.41) is 0. The Bertz CT molecular complexity index is 336. The summed E-state index contributed by atoms with van der Waals surface area (Å²) >= 11 is 0. The van der Waals surface area contributed by atoms with Gasteiger partial charge in [0, 0.05) is 26.3 Å². The highest BCUT2D eigenvalue weighted by Crippen LogP contribution is 2.08. The van der Waals surface area contributed by atoms with Crippen molar-refractivity contribution >= 4 is 5.91 Å². The lowest BCUT2D eigenvalue weighted by molar-refractivity contribution is 0.0802. The number of hydrogen-bond donors (Lipinski definition) is 0. The van der Waals surface area contributed by atoms with Gasteiger partial charge in [-0.25, -0.2) is 0 Å². The number of nitrogens with zero attached hydrogens (tertiary/aromatic N) is 1. The van der Waals surface area contributed by atoms with Gasteiger partial charge < -0.3 is 9.64 Å². The van der Waals surface area contributed by atoms with Crippen LogP contribution in [-0.2, 0) is 11.3 Å². The first-order chi connectivity index (χ1) is 7.19. The summed E-state index contributed by atoms with van der Waals surface area (Å²) in [4.78, 5) is 13.5. The van der Waals surface area contributed by atoms with Crippen molar-refractivity contribution in [3.63, 3.8) is 0 Å². The van der Waals surface area contributed by atoms with Crippen LogP contribution in [-0.4, -0.2) is 31.5 Å². The molecule has 0 bridgehead atoms. The molecule has 0 radical (unpaired) electrons. The number of ether oxygens (including phenoxy) is 1. The lowest BCUT2D eigenvalue weighted by Gasteiger charge is -2.14. The third-order valence-electron chi connectivity index (χ3n) is 2.31. The predicted octanol–water partition coefficient (Wildman–Crippen LogP) is 1.92. The fourth-order valence-electron chi connectivity index (χ4n) is 1.32. The number of methoxy groups -OCH3 is 1. The second-order valence-corrected chi connectivity index (χ2v) is 3.45. The van der Waals surface area contributed by atoms with E-state index in [-0.39, 0.29) is 5.91 Å². The zero-order chi connectivity index (χ0) is 11.3. The van der Waals surface area contributed by atoms with Crippen LogP contribution in [0.4, 0.5) is 0 Å². The summed E-state index contributed by atoms with van der Waals surface area (Å²) in [6.07, 6.45) is 0. The van der Waals surface area contributed by atoms with Gasteiger partial charge in [-0.15, -0.1) is 0 Å². The molecule has 0 aliphatic rings. The Balaban J connectivity index is 2.85. The lowest BCUT2D eigenvalue weighted by Crippen LogP contribution is -2.26. The van der Waals surface area contributed by atoms with Gasteiger partial charge in [0.05, 0.1) is 6.61 Å². The number of carbonyl (C=O) groups is 1. The summed E-state index contributed by atoms with van der Waals surface area (Å²) in [5.41, 5.74) is 1.74. The second-order valence-electron chi connectivity index (χ2n) is 3.45. The molecule has 0 saturated carbocycles. The molecule has 0 saturated heterocycles. The smallest absolute Gasteiger partial charge is 0.253 e. The van der Waals surface area contributed by atoms with Crippen LogP contribution in [0.3, 0.4) is 0 Å². The molecule has 0 aromatic heterocycles. The Kier molecular flexibility index (Phi) is 4.31. The highest BCUT2D eigenvalue weighted by molar-refractivity contribution is 5.94. The van der Waals surface area contributed by atoms with Crippen LogP contribution in [0, 0.1) is 0 Å². The van der Waals surface area contributed by atoms with E-state index >= 15 is 0 Å². The molecule has 82 valence electrons. The lowest BCUT2D eigenvalue weighted by atomic mass is 10.1. The normalized spacial score (nSPS) is 10.1. The standard InChI is InChI=1S/C12H17NO2/c1-4-13(2)12(14)11-7-5-6-10(8-11)9-15-3/h5-8H,4,9H2,1-3H3. The molecule has 1 rings (SSSR count). The first kappa shape index (κ1) is 11.7. The van der Waals surface area contributed by atoms with Crippen molar-refractivity contribution in [1.29, 1.82) is 0 Å². The Labute approximate surface area is 90.7 Å². The maximum absolute atomic E-state index is 11.8. The summed E-state index contributed by atoms with van der Waals surface area (Å²) in [6.45, 7) is 3.21. The molecule has 3 nitrogen and oxygen atoms in total. The van der Waals surface area contributed by atoms with Crippen LogP contribution < -0.4 is 0 Å². The van der Waals surface area contributed by atoms with E-state index in [0.29, 0.717) is 18.7 Å². The minimum absolute atomic E-state index is 0.0513. The van der Waals surface area contributed by atoms with Crippen molar-refractivity contribution in [3.05, 3.63) is 35.4 Å². The van der Waals surface area contributed by atoms with Crippen molar-refractivity contribution in [3.8, 4) is 0 Å². The van der Waals surface area contributed by atoms with Gasteiger partial charge in [0.15, 0.2) is 0 Å². The topological polar surface area (TPSA) is 29.5 Å². The Morgan fingerprint density at radius 2 is 2.20 bits per heavy atom. The molecule has 1 amide bonds. The van der Waals surface area contributed by atoms with Crippen LogP contribution in [0.5, 0.6) is 0 Å². The number of benzene rings is 1. The second kappa shape index (κ2) is 5.51. The van der Waals surface area contributed by atoms with E-state index in [1.54, 1.807) is 19.1 Å². The van der Waals surface area contributed by atoms with Gasteiger partial charge in [-0.05, 0) is 24.6 Å². The van der Waals surface area contributed by atoms with Gasteiger partial charge in [-0.1, -0.05) is 12.1 Å². The highest BCUT2D eigenvalue weighted by Gasteiger charge is 2.09. The van der Waals surface area contributed by atoms with Crippen molar-refractivity contribution in [1.82, 2.24) is 4.90 Å². The van der Waals surface area contributed by atoms with Crippen molar-refractivity contribution in [2.45, 2.75) is 13.5 Å². The van der Waals surface area contributed by atoms with Gasteiger partial charge in [0.1, 0.15) is 0 Å². The molecule has 0 aliphatic heterocycles. The Morgan fingerprint density at radius 1 is 1.47 bits per heavy atom. The van der Waals surface area contributed by atoms with E-state index in [1.807, 2.05) is 31.2 Å². The van der Waals surface area contributed by atoms with E-state index in [2.05, 4.69) is 0 Å². The number of rotatable bonds is 4. The molecule has 0 spiro atoms. The largest absolute Gasteiger partial charge is 0.380 e. The van der Waals surface area contributed by atoms with E-state index in [0.717, 1.165) is 5.56 Å². The monoisotopic (exact) mass is 207 g/mol. The van der Waals surface area contributed by atoms with Gasteiger partial charge in [-0.2, -0.15) is 0 Å². The van der Waals surface area contributed by atoms with Gasteiger partial charge in [0.2, 0.25) is 0 Å². The van der Waals surface area contributed by atoms with Crippen LogP contribution in [0.15, 0.2) is 24.3 Å². The van der Waals surface area contributed by atoms with Crippen molar-refractivity contribution < 1.29 is 9.53 Å². The number of hydrogen-bond acceptors (Lipinski definition) is 2. The van der Waals surface area contributed by atoms with E-state index < -0.39 is 0 Å². The molecule has 0 fully saturated rings. The van der Waals surface area contributed by atoms with Gasteiger partial charge in [-0.3, -0.25) is 4.79 Å². The summed E-state index contributed by atoms with van der Waals surface area (Å²) in [7, 11) is 3.44. The molecule has 3 heteroatoms. The fraction of sp³-hybridized carbons (Fsp3) is 0.417. The zero-order valence-corrected chi connectivity index (χ0v) is 9.49. The van der Waals surface area contributed by atoms with Crippen molar-refractivity contribution in [2.24, 2.45) is 0 Å². The SMILES string of the molecule is CCN(C)C(=O)c1cccc(COC)c1. The van der Waals surface area contributed by atoms with Crippen molar-refractivity contribution in [2.75, 3.05) is 20.7 Å². The molecule has 0 atom stereocenters. The number of carbonyl (C=O) groups excluding carboxylic acids is 1. The first-order valence-electron chi connectivity index (χ1n) is 5.02. The molecule has 0 heterocycles. The maximum atomic E-state index is 11.8. The minimum Gasteiger partial charge on any atom is -0.380 e. The van der Waals surface area contributed by atoms with E-state index in [9.17, 15) is 4.79 Å². The minimum atomic E-state index is 0.0513. The van der Waals surface area contributed by atoms with Crippen LogP contribution >= 0.6 is 0 Å².